The van der Waals surface area contributed by atoms with Gasteiger partial charge in [-0.1, -0.05) is 97.1 Å². The molecule has 6 aromatic heterocycles. The maximum Gasteiger partial charge on any atom is 0.220 e. The Balaban J connectivity index is 0.901. The number of imidazole rings is 3. The molecular weight excluding hydrogens is 785 g/mol. The molecule has 0 N–H and O–H groups in total. The van der Waals surface area contributed by atoms with E-state index >= 15 is 0 Å². The second kappa shape index (κ2) is 12.4. The lowest BCUT2D eigenvalue weighted by Crippen LogP contribution is -1.96. The summed E-state index contributed by atoms with van der Waals surface area (Å²) in [6.45, 7) is 0. The van der Waals surface area contributed by atoms with Crippen molar-refractivity contribution < 1.29 is 4.42 Å². The van der Waals surface area contributed by atoms with Crippen LogP contribution in [0.1, 0.15) is 0 Å². The van der Waals surface area contributed by atoms with E-state index in [1.807, 2.05) is 6.07 Å². The van der Waals surface area contributed by atoms with Gasteiger partial charge in [0.25, 0.3) is 0 Å². The average Bonchev–Trinajstić information content (AvgIpc) is 4.19. The average molecular weight is 819 g/mol. The van der Waals surface area contributed by atoms with E-state index in [9.17, 15) is 0 Å². The molecule has 0 aliphatic rings. The normalized spacial score (nSPS) is 12.4. The Bertz CT molecular complexity index is 4450. The second-order valence-electron chi connectivity index (χ2n) is 16.8. The molecule has 0 unspecified atom stereocenters. The first kappa shape index (κ1) is 33.9. The monoisotopic (exact) mass is 818 g/mol. The van der Waals surface area contributed by atoms with Crippen LogP contribution in [0.15, 0.2) is 211 Å². The molecule has 0 saturated heterocycles. The molecular formula is C57H34N6O. The SMILES string of the molecule is c1cc(-c2ccc3oc4cccc(-n5c6ccccc6n6c7ccccc7nc56)c4c3c2)cc(-n2c3ccccc3c3cc(-n4c5ccccc5n5c6ccccc6cc45)ccc32)c1. The highest BCUT2D eigenvalue weighted by atomic mass is 16.3. The number of aromatic nitrogens is 6. The predicted octanol–water partition coefficient (Wildman–Crippen LogP) is 14.4. The van der Waals surface area contributed by atoms with Crippen LogP contribution in [0.3, 0.4) is 0 Å². The van der Waals surface area contributed by atoms with Crippen molar-refractivity contribution >= 4 is 99.2 Å². The maximum absolute atomic E-state index is 6.60. The van der Waals surface area contributed by atoms with E-state index in [1.165, 1.54) is 38.2 Å². The van der Waals surface area contributed by atoms with Gasteiger partial charge in [-0.15, -0.1) is 0 Å². The Hall–Kier alpha value is -8.81. The maximum atomic E-state index is 6.60. The van der Waals surface area contributed by atoms with Crippen molar-refractivity contribution in [1.82, 2.24) is 27.5 Å². The van der Waals surface area contributed by atoms with Gasteiger partial charge in [0.15, 0.2) is 0 Å². The summed E-state index contributed by atoms with van der Waals surface area (Å²) in [5.74, 6) is 0.875. The molecule has 0 bridgehead atoms. The Kier molecular flexibility index (Phi) is 6.56. The van der Waals surface area contributed by atoms with Gasteiger partial charge in [0.2, 0.25) is 5.78 Å². The standard InChI is InChI=1S/C57H34N6O/c1-4-18-44-37(13-1)33-55-60(48-21-7-8-22-49(48)61(44)55)39-28-29-46-41(34-39)40-16-2-5-19-45(40)59(46)38-15-11-14-35(31-38)36-27-30-53-42(32-36)56-52(25-12-26-54(56)64-53)63-51-24-10-9-23-50(51)62-47-20-6-3-17-43(47)58-57(62)63/h1-34H. The summed E-state index contributed by atoms with van der Waals surface area (Å²) >= 11 is 0. The number of para-hydroxylation sites is 8. The highest BCUT2D eigenvalue weighted by Crippen LogP contribution is 2.41. The van der Waals surface area contributed by atoms with Crippen molar-refractivity contribution in [3.8, 4) is 28.2 Å². The fraction of sp³-hybridized carbons (Fsp3) is 0. The van der Waals surface area contributed by atoms with E-state index in [0.717, 1.165) is 89.1 Å². The van der Waals surface area contributed by atoms with Gasteiger partial charge >= 0.3 is 0 Å². The number of furan rings is 1. The predicted molar refractivity (Wildman–Crippen MR) is 262 cm³/mol. The zero-order valence-electron chi connectivity index (χ0n) is 34.2. The van der Waals surface area contributed by atoms with Gasteiger partial charge in [-0.05, 0) is 120 Å². The summed E-state index contributed by atoms with van der Waals surface area (Å²) < 4.78 is 18.3. The topological polar surface area (TPSA) is 49.6 Å². The van der Waals surface area contributed by atoms with E-state index in [2.05, 4.69) is 223 Å². The van der Waals surface area contributed by atoms with E-state index in [-0.39, 0.29) is 0 Å². The summed E-state index contributed by atoms with van der Waals surface area (Å²) in [5.41, 5.74) is 18.5. The molecule has 0 spiro atoms. The van der Waals surface area contributed by atoms with Crippen LogP contribution < -0.4 is 0 Å². The smallest absolute Gasteiger partial charge is 0.220 e. The second-order valence-corrected chi connectivity index (χ2v) is 16.8. The van der Waals surface area contributed by atoms with Crippen molar-refractivity contribution in [2.45, 2.75) is 0 Å². The fourth-order valence-electron chi connectivity index (χ4n) is 10.8. The van der Waals surface area contributed by atoms with Crippen molar-refractivity contribution in [2.75, 3.05) is 0 Å². The van der Waals surface area contributed by atoms with Crippen LogP contribution in [-0.2, 0) is 0 Å². The number of hydrogen-bond acceptors (Lipinski definition) is 2. The Labute approximate surface area is 364 Å². The van der Waals surface area contributed by atoms with Gasteiger partial charge in [-0.25, -0.2) is 4.98 Å². The number of fused-ring (bicyclic) bond motifs is 16. The summed E-state index contributed by atoms with van der Waals surface area (Å²) in [6.07, 6.45) is 0. The molecule has 0 saturated carbocycles. The van der Waals surface area contributed by atoms with Crippen LogP contribution in [0.25, 0.3) is 127 Å². The van der Waals surface area contributed by atoms with E-state index in [4.69, 9.17) is 9.40 Å². The van der Waals surface area contributed by atoms with E-state index in [0.29, 0.717) is 0 Å². The zero-order chi connectivity index (χ0) is 41.6. The van der Waals surface area contributed by atoms with Crippen LogP contribution in [-0.4, -0.2) is 27.5 Å². The van der Waals surface area contributed by atoms with Gasteiger partial charge in [0, 0.05) is 32.9 Å². The lowest BCUT2D eigenvalue weighted by molar-refractivity contribution is 0.669. The molecule has 0 radical (unpaired) electrons. The van der Waals surface area contributed by atoms with Crippen molar-refractivity contribution in [1.29, 1.82) is 0 Å². The van der Waals surface area contributed by atoms with Gasteiger partial charge in [-0.2, -0.15) is 0 Å². The van der Waals surface area contributed by atoms with Crippen molar-refractivity contribution in [3.05, 3.63) is 206 Å². The Morgan fingerprint density at radius 1 is 0.359 bits per heavy atom. The minimum absolute atomic E-state index is 0.842. The summed E-state index contributed by atoms with van der Waals surface area (Å²) in [4.78, 5) is 5.18. The largest absolute Gasteiger partial charge is 0.456 e. The number of rotatable bonds is 4. The molecule has 0 fully saturated rings. The van der Waals surface area contributed by atoms with Crippen LogP contribution >= 0.6 is 0 Å². The van der Waals surface area contributed by atoms with Crippen LogP contribution in [0.5, 0.6) is 0 Å². The van der Waals surface area contributed by atoms with Gasteiger partial charge in [0.05, 0.1) is 60.7 Å². The third-order valence-electron chi connectivity index (χ3n) is 13.5. The molecule has 15 rings (SSSR count). The van der Waals surface area contributed by atoms with Crippen molar-refractivity contribution in [3.63, 3.8) is 0 Å². The van der Waals surface area contributed by atoms with Crippen molar-refractivity contribution in [2.24, 2.45) is 0 Å². The molecule has 0 aliphatic carbocycles. The first-order valence-corrected chi connectivity index (χ1v) is 21.7. The van der Waals surface area contributed by atoms with Gasteiger partial charge in [0.1, 0.15) is 16.8 Å². The van der Waals surface area contributed by atoms with Gasteiger partial charge in [-0.3, -0.25) is 17.9 Å². The molecule has 7 heteroatoms. The van der Waals surface area contributed by atoms with Crippen LogP contribution in [0.4, 0.5) is 0 Å². The molecule has 7 nitrogen and oxygen atoms in total. The number of nitrogens with zero attached hydrogens (tertiary/aromatic N) is 6. The van der Waals surface area contributed by atoms with Gasteiger partial charge < -0.3 is 8.98 Å². The lowest BCUT2D eigenvalue weighted by Gasteiger charge is -2.11. The Morgan fingerprint density at radius 3 is 1.91 bits per heavy atom. The molecule has 64 heavy (non-hydrogen) atoms. The first-order valence-electron chi connectivity index (χ1n) is 21.7. The molecule has 298 valence electrons. The molecule has 9 aromatic carbocycles. The third kappa shape index (κ3) is 4.46. The quantitative estimate of drug-likeness (QED) is 0.178. The zero-order valence-corrected chi connectivity index (χ0v) is 34.2. The first-order chi connectivity index (χ1) is 31.7. The highest BCUT2D eigenvalue weighted by molar-refractivity contribution is 6.13. The molecule has 6 heterocycles. The minimum Gasteiger partial charge on any atom is -0.456 e. The van der Waals surface area contributed by atoms with Crippen LogP contribution in [0, 0.1) is 0 Å². The molecule has 15 aromatic rings. The molecule has 0 aliphatic heterocycles. The Morgan fingerprint density at radius 2 is 1.03 bits per heavy atom. The number of benzene rings is 9. The fourth-order valence-corrected chi connectivity index (χ4v) is 10.8. The summed E-state index contributed by atoms with van der Waals surface area (Å²) in [7, 11) is 0. The minimum atomic E-state index is 0.842. The lowest BCUT2D eigenvalue weighted by atomic mass is 10.0. The van der Waals surface area contributed by atoms with E-state index in [1.54, 1.807) is 0 Å². The summed E-state index contributed by atoms with van der Waals surface area (Å²) in [5, 5.41) is 5.78. The third-order valence-corrected chi connectivity index (χ3v) is 13.5. The number of hydrogen-bond donors (Lipinski definition) is 0. The molecule has 0 atom stereocenters. The highest BCUT2D eigenvalue weighted by Gasteiger charge is 2.22. The van der Waals surface area contributed by atoms with Crippen LogP contribution in [0.2, 0.25) is 0 Å². The molecule has 0 amide bonds. The van der Waals surface area contributed by atoms with E-state index < -0.39 is 0 Å². The summed E-state index contributed by atoms with van der Waals surface area (Å²) in [6, 6.07) is 74.1.